The number of amides is 1. The van der Waals surface area contributed by atoms with Crippen molar-refractivity contribution in [2.75, 3.05) is 11.2 Å². The summed E-state index contributed by atoms with van der Waals surface area (Å²) in [6.07, 6.45) is 3.74. The quantitative estimate of drug-likeness (QED) is 0.220. The molecule has 0 saturated carbocycles. The molecule has 1 aliphatic heterocycles. The number of rotatable bonds is 5. The van der Waals surface area contributed by atoms with E-state index < -0.39 is 0 Å². The predicted molar refractivity (Wildman–Crippen MR) is 128 cm³/mol. The van der Waals surface area contributed by atoms with Gasteiger partial charge in [0.15, 0.2) is 9.41 Å². The maximum atomic E-state index is 12.9. The zero-order valence-electron chi connectivity index (χ0n) is 15.1. The van der Waals surface area contributed by atoms with Gasteiger partial charge in [-0.15, -0.1) is 11.8 Å². The number of furan rings is 1. The summed E-state index contributed by atoms with van der Waals surface area (Å²) in [5.74, 6) is 0.474. The minimum atomic E-state index is -0.137. The molecule has 1 aromatic heterocycles. The van der Waals surface area contributed by atoms with Gasteiger partial charge in [-0.05, 0) is 60.9 Å². The van der Waals surface area contributed by atoms with Crippen molar-refractivity contribution in [3.05, 3.63) is 76.4 Å². The van der Waals surface area contributed by atoms with E-state index in [1.807, 2.05) is 66.9 Å². The average molecular weight is 476 g/mol. The van der Waals surface area contributed by atoms with Crippen molar-refractivity contribution < 1.29 is 9.21 Å². The van der Waals surface area contributed by atoms with Crippen molar-refractivity contribution in [3.8, 4) is 0 Å². The van der Waals surface area contributed by atoms with Gasteiger partial charge in [-0.25, -0.2) is 0 Å². The highest BCUT2D eigenvalue weighted by Gasteiger charge is 2.33. The molecule has 0 unspecified atom stereocenters. The summed E-state index contributed by atoms with van der Waals surface area (Å²) in [6.45, 7) is 0. The number of nitrogens with zero attached hydrogens (tertiary/aromatic N) is 1. The lowest BCUT2D eigenvalue weighted by Gasteiger charge is -2.15. The Morgan fingerprint density at radius 2 is 1.90 bits per heavy atom. The molecule has 29 heavy (non-hydrogen) atoms. The van der Waals surface area contributed by atoms with E-state index in [0.29, 0.717) is 20.0 Å². The Hall–Kier alpha value is -1.64. The van der Waals surface area contributed by atoms with Crippen molar-refractivity contribution in [3.63, 3.8) is 0 Å². The number of anilines is 1. The molecule has 3 nitrogen and oxygen atoms in total. The van der Waals surface area contributed by atoms with Crippen LogP contribution in [0.3, 0.4) is 0 Å². The summed E-state index contributed by atoms with van der Waals surface area (Å²) in [4.78, 5) is 17.1. The number of carbonyl (C=O) groups is 1. The smallest absolute Gasteiger partial charge is 0.270 e. The molecule has 2 heterocycles. The van der Waals surface area contributed by atoms with Crippen LogP contribution in [0.2, 0.25) is 5.02 Å². The first-order chi connectivity index (χ1) is 14.0. The molecule has 0 atom stereocenters. The zero-order chi connectivity index (χ0) is 20.4. The Kier molecular flexibility index (Phi) is 6.41. The first-order valence-corrected chi connectivity index (χ1v) is 12.1. The normalized spacial score (nSPS) is 15.5. The Morgan fingerprint density at radius 1 is 1.10 bits per heavy atom. The van der Waals surface area contributed by atoms with Crippen LogP contribution in [0.15, 0.2) is 84.9 Å². The largest absolute Gasteiger partial charge is 0.450 e. The van der Waals surface area contributed by atoms with E-state index in [4.69, 9.17) is 28.2 Å². The summed E-state index contributed by atoms with van der Waals surface area (Å²) >= 11 is 15.8. The van der Waals surface area contributed by atoms with Gasteiger partial charge in [-0.3, -0.25) is 9.69 Å². The van der Waals surface area contributed by atoms with Crippen LogP contribution in [0.1, 0.15) is 5.76 Å². The first-order valence-electron chi connectivity index (χ1n) is 8.49. The third-order valence-electron chi connectivity index (χ3n) is 4.01. The fraction of sp³-hybridized carbons (Fsp3) is 0.0476. The molecule has 0 aliphatic carbocycles. The first kappa shape index (κ1) is 20.6. The van der Waals surface area contributed by atoms with Crippen LogP contribution in [0, 0.1) is 0 Å². The predicted octanol–water partition coefficient (Wildman–Crippen LogP) is 7.21. The van der Waals surface area contributed by atoms with Crippen LogP contribution in [0.25, 0.3) is 6.08 Å². The molecule has 0 radical (unpaired) electrons. The lowest BCUT2D eigenvalue weighted by atomic mass is 10.3. The molecule has 1 fully saturated rings. The molecule has 1 aliphatic rings. The number of benzene rings is 2. The average Bonchev–Trinajstić information content (AvgIpc) is 3.27. The highest BCUT2D eigenvalue weighted by molar-refractivity contribution is 8.27. The number of halogens is 1. The lowest BCUT2D eigenvalue weighted by molar-refractivity contribution is -0.113. The number of hydrogen-bond acceptors (Lipinski definition) is 6. The van der Waals surface area contributed by atoms with Crippen LogP contribution in [-0.4, -0.2) is 16.5 Å². The van der Waals surface area contributed by atoms with E-state index in [2.05, 4.69) is 0 Å². The van der Waals surface area contributed by atoms with Gasteiger partial charge in [-0.1, -0.05) is 53.4 Å². The lowest BCUT2D eigenvalue weighted by Crippen LogP contribution is -2.27. The van der Waals surface area contributed by atoms with Gasteiger partial charge in [-0.2, -0.15) is 0 Å². The van der Waals surface area contributed by atoms with Crippen molar-refractivity contribution >= 4 is 81.1 Å². The van der Waals surface area contributed by atoms with Crippen LogP contribution in [-0.2, 0) is 4.79 Å². The van der Waals surface area contributed by atoms with Crippen molar-refractivity contribution in [1.82, 2.24) is 0 Å². The third-order valence-corrected chi connectivity index (χ3v) is 7.22. The van der Waals surface area contributed by atoms with Gasteiger partial charge >= 0.3 is 0 Å². The summed E-state index contributed by atoms with van der Waals surface area (Å²) in [5.41, 5.74) is 0.779. The molecule has 146 valence electrons. The van der Waals surface area contributed by atoms with Crippen LogP contribution >= 0.6 is 59.1 Å². The second kappa shape index (κ2) is 9.02. The molecular formula is C21H14ClNO2S4. The zero-order valence-corrected chi connectivity index (χ0v) is 19.1. The maximum Gasteiger partial charge on any atom is 0.270 e. The van der Waals surface area contributed by atoms with Crippen LogP contribution < -0.4 is 4.90 Å². The minimum Gasteiger partial charge on any atom is -0.450 e. The molecule has 1 amide bonds. The number of thiocarbonyl (C=S) groups is 1. The highest BCUT2D eigenvalue weighted by Crippen LogP contribution is 2.38. The van der Waals surface area contributed by atoms with Gasteiger partial charge in [0.05, 0.1) is 10.6 Å². The summed E-state index contributed by atoms with van der Waals surface area (Å²) in [6, 6.07) is 19.1. The molecule has 0 bridgehead atoms. The molecule has 1 saturated heterocycles. The molecule has 3 aromatic rings. The summed E-state index contributed by atoms with van der Waals surface area (Å²) in [5, 5.41) is 1.43. The number of carbonyl (C=O) groups excluding carboxylic acids is 1. The molecule has 0 spiro atoms. The SMILES string of the molecule is CSc1cccc(N2C(=O)/C(=C/c3ccc(Sc4ccc(Cl)cc4)o3)SC2=S)c1. The van der Waals surface area contributed by atoms with Crippen molar-refractivity contribution in [2.24, 2.45) is 0 Å². The van der Waals surface area contributed by atoms with E-state index in [9.17, 15) is 4.79 Å². The van der Waals surface area contributed by atoms with E-state index in [0.717, 1.165) is 20.6 Å². The third kappa shape index (κ3) is 4.75. The van der Waals surface area contributed by atoms with E-state index in [-0.39, 0.29) is 5.91 Å². The number of thioether (sulfide) groups is 2. The molecular weight excluding hydrogens is 462 g/mol. The van der Waals surface area contributed by atoms with Crippen molar-refractivity contribution in [1.29, 1.82) is 0 Å². The minimum absolute atomic E-state index is 0.137. The summed E-state index contributed by atoms with van der Waals surface area (Å²) < 4.78 is 6.38. The van der Waals surface area contributed by atoms with Gasteiger partial charge < -0.3 is 4.42 Å². The van der Waals surface area contributed by atoms with Gasteiger partial charge in [0, 0.05) is 20.9 Å². The van der Waals surface area contributed by atoms with Crippen molar-refractivity contribution in [2.45, 2.75) is 14.9 Å². The monoisotopic (exact) mass is 475 g/mol. The van der Waals surface area contributed by atoms with Gasteiger partial charge in [0.25, 0.3) is 5.91 Å². The molecule has 8 heteroatoms. The van der Waals surface area contributed by atoms with E-state index in [1.165, 1.54) is 23.5 Å². The Labute approximate surface area is 191 Å². The second-order valence-electron chi connectivity index (χ2n) is 5.93. The van der Waals surface area contributed by atoms with E-state index in [1.54, 1.807) is 22.7 Å². The maximum absolute atomic E-state index is 12.9. The highest BCUT2D eigenvalue weighted by atomic mass is 35.5. The molecule has 0 N–H and O–H groups in total. The van der Waals surface area contributed by atoms with Crippen LogP contribution in [0.4, 0.5) is 5.69 Å². The molecule has 4 rings (SSSR count). The fourth-order valence-corrected chi connectivity index (χ4v) is 5.29. The Morgan fingerprint density at radius 3 is 2.66 bits per heavy atom. The van der Waals surface area contributed by atoms with Gasteiger partial charge in [0.2, 0.25) is 0 Å². The second-order valence-corrected chi connectivity index (χ2v) is 10.0. The van der Waals surface area contributed by atoms with E-state index >= 15 is 0 Å². The Balaban J connectivity index is 1.53. The topological polar surface area (TPSA) is 33.5 Å². The van der Waals surface area contributed by atoms with Crippen LogP contribution in [0.5, 0.6) is 0 Å². The summed E-state index contributed by atoms with van der Waals surface area (Å²) in [7, 11) is 0. The Bertz CT molecular complexity index is 1110. The molecule has 2 aromatic carbocycles. The number of hydrogen-bond donors (Lipinski definition) is 0. The standard InChI is InChI=1S/C21H14ClNO2S4/c1-27-17-4-2-3-14(11-17)23-20(24)18(29-21(23)26)12-15-7-10-19(25-15)28-16-8-5-13(22)6-9-16/h2-12H,1H3/b18-12-. The fourth-order valence-electron chi connectivity index (χ4n) is 2.65. The van der Waals surface area contributed by atoms with Gasteiger partial charge in [0.1, 0.15) is 5.76 Å².